The van der Waals surface area contributed by atoms with Gasteiger partial charge >= 0.3 is 6.03 Å². The van der Waals surface area contributed by atoms with E-state index in [9.17, 15) is 18.0 Å². The monoisotopic (exact) mass is 536 g/mol. The van der Waals surface area contributed by atoms with Crippen LogP contribution in [0, 0.1) is 0 Å². The van der Waals surface area contributed by atoms with Crippen molar-refractivity contribution in [2.24, 2.45) is 0 Å². The lowest BCUT2D eigenvalue weighted by atomic mass is 9.99. The standard InChI is InChI=1S/C29H36N4O4S/c1-3-24-19(2)17-33(28(24)34)29(35)30-15-14-20-10-12-23(13-11-20)38(36,37)32-18-31-27-25-8-4-6-21(25)16-22-7-5-9-26(22)27/h10-13,16,31-32H,3-9,14-15,17-18H2,1-2H3,(H,30,35). The first kappa shape index (κ1) is 26.4. The van der Waals surface area contributed by atoms with Crippen molar-refractivity contribution in [2.45, 2.75) is 70.1 Å². The van der Waals surface area contributed by atoms with E-state index in [0.29, 0.717) is 31.5 Å². The van der Waals surface area contributed by atoms with Gasteiger partial charge in [0.05, 0.1) is 18.1 Å². The maximum atomic E-state index is 12.9. The van der Waals surface area contributed by atoms with Crippen LogP contribution in [-0.4, -0.2) is 45.0 Å². The summed E-state index contributed by atoms with van der Waals surface area (Å²) in [4.78, 5) is 26.2. The van der Waals surface area contributed by atoms with E-state index in [-0.39, 0.29) is 17.5 Å². The lowest BCUT2D eigenvalue weighted by Crippen LogP contribution is -2.42. The second-order valence-corrected chi connectivity index (χ2v) is 12.1. The molecule has 2 aliphatic carbocycles. The molecule has 3 N–H and O–H groups in total. The first-order valence-electron chi connectivity index (χ1n) is 13.6. The fourth-order valence-electron chi connectivity index (χ4n) is 5.94. The van der Waals surface area contributed by atoms with E-state index in [1.165, 1.54) is 27.2 Å². The average molecular weight is 537 g/mol. The number of aryl methyl sites for hydroxylation is 2. The highest BCUT2D eigenvalue weighted by Gasteiger charge is 2.31. The van der Waals surface area contributed by atoms with Crippen LogP contribution in [0.3, 0.4) is 0 Å². The molecule has 2 aromatic rings. The molecule has 0 saturated carbocycles. The lowest BCUT2D eigenvalue weighted by Gasteiger charge is -2.17. The third-order valence-electron chi connectivity index (χ3n) is 7.94. The number of benzene rings is 2. The van der Waals surface area contributed by atoms with Crippen LogP contribution in [0.5, 0.6) is 0 Å². The van der Waals surface area contributed by atoms with E-state index in [1.54, 1.807) is 24.3 Å². The van der Waals surface area contributed by atoms with Crippen molar-refractivity contribution in [1.82, 2.24) is 14.9 Å². The van der Waals surface area contributed by atoms with Gasteiger partial charge in [-0.1, -0.05) is 25.1 Å². The number of amides is 3. The van der Waals surface area contributed by atoms with E-state index in [2.05, 4.69) is 21.4 Å². The third-order valence-corrected chi connectivity index (χ3v) is 9.35. The number of imide groups is 1. The molecule has 3 aliphatic rings. The highest BCUT2D eigenvalue weighted by Crippen LogP contribution is 2.38. The van der Waals surface area contributed by atoms with Crippen LogP contribution in [0.15, 0.2) is 46.4 Å². The highest BCUT2D eigenvalue weighted by molar-refractivity contribution is 7.89. The predicted octanol–water partition coefficient (Wildman–Crippen LogP) is 3.83. The van der Waals surface area contributed by atoms with Gasteiger partial charge < -0.3 is 10.6 Å². The summed E-state index contributed by atoms with van der Waals surface area (Å²) >= 11 is 0. The van der Waals surface area contributed by atoms with Gasteiger partial charge in [-0.15, -0.1) is 0 Å². The van der Waals surface area contributed by atoms with Crippen molar-refractivity contribution in [3.8, 4) is 0 Å². The molecule has 5 rings (SSSR count). The topological polar surface area (TPSA) is 108 Å². The quantitative estimate of drug-likeness (QED) is 0.422. The number of carbonyl (C=O) groups excluding carboxylic acids is 2. The number of sulfonamides is 1. The molecular formula is C29H36N4O4S. The Kier molecular flexibility index (Phi) is 7.59. The van der Waals surface area contributed by atoms with Crippen molar-refractivity contribution in [1.29, 1.82) is 0 Å². The summed E-state index contributed by atoms with van der Waals surface area (Å²) in [5.41, 5.74) is 9.20. The number of rotatable bonds is 9. The first-order valence-corrected chi connectivity index (χ1v) is 15.0. The Morgan fingerprint density at radius 3 is 2.26 bits per heavy atom. The summed E-state index contributed by atoms with van der Waals surface area (Å²) < 4.78 is 28.5. The SMILES string of the molecule is CCC1=C(C)CN(C(=O)NCCc2ccc(S(=O)(=O)NCNc3c4c(cc5c3CCC5)CCC4)cc2)C1=O. The van der Waals surface area contributed by atoms with Crippen LogP contribution in [0.2, 0.25) is 0 Å². The smallest absolute Gasteiger partial charge is 0.324 e. The zero-order valence-corrected chi connectivity index (χ0v) is 23.0. The molecule has 3 amide bonds. The van der Waals surface area contributed by atoms with Crippen LogP contribution in [0.4, 0.5) is 10.5 Å². The van der Waals surface area contributed by atoms with Crippen molar-refractivity contribution in [3.05, 3.63) is 69.3 Å². The largest absolute Gasteiger partial charge is 0.371 e. The summed E-state index contributed by atoms with van der Waals surface area (Å²) in [7, 11) is -3.67. The Balaban J connectivity index is 1.13. The van der Waals surface area contributed by atoms with Gasteiger partial charge in [-0.2, -0.15) is 4.72 Å². The minimum atomic E-state index is -3.67. The van der Waals surface area contributed by atoms with Crippen molar-refractivity contribution >= 4 is 27.6 Å². The number of anilines is 1. The number of hydrogen-bond donors (Lipinski definition) is 3. The average Bonchev–Trinajstić information content (AvgIpc) is 3.62. The molecule has 0 aromatic heterocycles. The van der Waals surface area contributed by atoms with Gasteiger partial charge in [0.2, 0.25) is 10.0 Å². The molecule has 0 unspecified atom stereocenters. The third kappa shape index (κ3) is 5.22. The molecule has 0 spiro atoms. The molecule has 8 nitrogen and oxygen atoms in total. The molecular weight excluding hydrogens is 500 g/mol. The van der Waals surface area contributed by atoms with E-state index < -0.39 is 16.1 Å². The highest BCUT2D eigenvalue weighted by atomic mass is 32.2. The van der Waals surface area contributed by atoms with Gasteiger partial charge in [-0.3, -0.25) is 9.69 Å². The van der Waals surface area contributed by atoms with E-state index in [4.69, 9.17) is 0 Å². The number of fused-ring (bicyclic) bond motifs is 2. The minimum absolute atomic E-state index is 0.141. The second kappa shape index (κ2) is 10.9. The molecule has 38 heavy (non-hydrogen) atoms. The van der Waals surface area contributed by atoms with Crippen LogP contribution < -0.4 is 15.4 Å². The lowest BCUT2D eigenvalue weighted by molar-refractivity contribution is -0.123. The summed E-state index contributed by atoms with van der Waals surface area (Å²) in [6, 6.07) is 8.65. The fraction of sp³-hybridized carbons (Fsp3) is 0.448. The maximum absolute atomic E-state index is 12.9. The Labute approximate surface area is 224 Å². The van der Waals surface area contributed by atoms with Crippen LogP contribution in [0.1, 0.15) is 60.9 Å². The van der Waals surface area contributed by atoms with Crippen molar-refractivity contribution < 1.29 is 18.0 Å². The van der Waals surface area contributed by atoms with Crippen LogP contribution >= 0.6 is 0 Å². The van der Waals surface area contributed by atoms with E-state index in [1.807, 2.05) is 13.8 Å². The molecule has 0 fully saturated rings. The summed E-state index contributed by atoms with van der Waals surface area (Å²) in [6.07, 6.45) is 7.75. The molecule has 1 aliphatic heterocycles. The van der Waals surface area contributed by atoms with Crippen molar-refractivity contribution in [2.75, 3.05) is 25.1 Å². The van der Waals surface area contributed by atoms with E-state index >= 15 is 0 Å². The normalized spacial score (nSPS) is 16.7. The van der Waals surface area contributed by atoms with Gasteiger partial charge in [0.25, 0.3) is 5.91 Å². The van der Waals surface area contributed by atoms with Gasteiger partial charge in [-0.05, 0) is 104 Å². The maximum Gasteiger partial charge on any atom is 0.324 e. The van der Waals surface area contributed by atoms with E-state index in [0.717, 1.165) is 55.3 Å². The Morgan fingerprint density at radius 1 is 1.00 bits per heavy atom. The van der Waals surface area contributed by atoms with Crippen LogP contribution in [0.25, 0.3) is 0 Å². The van der Waals surface area contributed by atoms with Gasteiger partial charge in [0.15, 0.2) is 0 Å². The molecule has 1 heterocycles. The molecule has 2 aromatic carbocycles. The van der Waals surface area contributed by atoms with Gasteiger partial charge in [0, 0.05) is 17.8 Å². The number of nitrogens with one attached hydrogen (secondary N) is 3. The van der Waals surface area contributed by atoms with Crippen LogP contribution in [-0.2, 0) is 46.9 Å². The Hall–Kier alpha value is -3.17. The number of carbonyl (C=O) groups is 2. The molecule has 0 bridgehead atoms. The number of nitrogens with zero attached hydrogens (tertiary/aromatic N) is 1. The minimum Gasteiger partial charge on any atom is -0.371 e. The van der Waals surface area contributed by atoms with Gasteiger partial charge in [0.1, 0.15) is 0 Å². The zero-order valence-electron chi connectivity index (χ0n) is 22.2. The molecule has 202 valence electrons. The summed E-state index contributed by atoms with van der Waals surface area (Å²) in [5.74, 6) is -0.222. The molecule has 9 heteroatoms. The molecule has 0 radical (unpaired) electrons. The fourth-order valence-corrected chi connectivity index (χ4v) is 6.87. The first-order chi connectivity index (χ1) is 18.3. The number of urea groups is 1. The Bertz CT molecular complexity index is 1360. The van der Waals surface area contributed by atoms with Crippen molar-refractivity contribution in [3.63, 3.8) is 0 Å². The second-order valence-electron chi connectivity index (χ2n) is 10.4. The molecule has 0 saturated heterocycles. The summed E-state index contributed by atoms with van der Waals surface area (Å²) in [5, 5.41) is 6.19. The number of hydrogen-bond acceptors (Lipinski definition) is 5. The predicted molar refractivity (Wildman–Crippen MR) is 148 cm³/mol. The zero-order chi connectivity index (χ0) is 26.9. The molecule has 0 atom stereocenters. The summed E-state index contributed by atoms with van der Waals surface area (Å²) in [6.45, 7) is 4.61. The Morgan fingerprint density at radius 2 is 1.66 bits per heavy atom. The van der Waals surface area contributed by atoms with Gasteiger partial charge in [-0.25, -0.2) is 13.2 Å².